The molecular formula is C23H28N2O2. The number of ether oxygens (including phenoxy) is 1. The number of methoxy groups -OCH3 is 1. The number of aryl methyl sites for hydroxylation is 2. The number of hydrogen-bond acceptors (Lipinski definition) is 2. The number of hydrogen-bond donors (Lipinski definition) is 1. The molecule has 0 aliphatic heterocycles. The number of benzene rings is 2. The number of amides is 1. The van der Waals surface area contributed by atoms with E-state index in [4.69, 9.17) is 4.74 Å². The highest BCUT2D eigenvalue weighted by Gasteiger charge is 2.14. The van der Waals surface area contributed by atoms with Crippen molar-refractivity contribution in [2.45, 2.75) is 33.7 Å². The van der Waals surface area contributed by atoms with Gasteiger partial charge in [0.1, 0.15) is 0 Å². The maximum absolute atomic E-state index is 12.4. The van der Waals surface area contributed by atoms with Crippen molar-refractivity contribution in [1.82, 2.24) is 9.88 Å². The molecule has 0 bridgehead atoms. The van der Waals surface area contributed by atoms with Crippen LogP contribution in [0.5, 0.6) is 0 Å². The van der Waals surface area contributed by atoms with Crippen LogP contribution in [0, 0.1) is 20.8 Å². The zero-order chi connectivity index (χ0) is 19.4. The number of carbonyl (C=O) groups is 1. The molecule has 3 rings (SSSR count). The standard InChI is InChI=1S/C23H28N2O2/c1-16-7-5-8-19(13-16)15-25-18(3)17(2)21-14-20(9-10-22(21)25)23(26)24-11-6-12-27-4/h5,7-10,13-14H,6,11-12,15H2,1-4H3,(H,24,26). The molecule has 2 aromatic carbocycles. The second-order valence-corrected chi connectivity index (χ2v) is 7.12. The van der Waals surface area contributed by atoms with Crippen LogP contribution in [0.15, 0.2) is 42.5 Å². The third kappa shape index (κ3) is 4.22. The number of nitrogens with zero attached hydrogens (tertiary/aromatic N) is 1. The number of nitrogens with one attached hydrogen (secondary N) is 1. The monoisotopic (exact) mass is 364 g/mol. The first kappa shape index (κ1) is 19.2. The molecule has 4 heteroatoms. The van der Waals surface area contributed by atoms with E-state index >= 15 is 0 Å². The summed E-state index contributed by atoms with van der Waals surface area (Å²) in [6.45, 7) is 8.50. The molecule has 0 aliphatic rings. The Hall–Kier alpha value is -2.59. The van der Waals surface area contributed by atoms with Gasteiger partial charge >= 0.3 is 0 Å². The van der Waals surface area contributed by atoms with E-state index in [1.165, 1.54) is 27.9 Å². The van der Waals surface area contributed by atoms with Crippen LogP contribution in [0.2, 0.25) is 0 Å². The Morgan fingerprint density at radius 1 is 1.11 bits per heavy atom. The third-order valence-corrected chi connectivity index (χ3v) is 5.14. The summed E-state index contributed by atoms with van der Waals surface area (Å²) in [5, 5.41) is 4.10. The highest BCUT2D eigenvalue weighted by molar-refractivity contribution is 5.99. The van der Waals surface area contributed by atoms with Gasteiger partial charge in [-0.25, -0.2) is 0 Å². The van der Waals surface area contributed by atoms with Crippen molar-refractivity contribution in [2.24, 2.45) is 0 Å². The topological polar surface area (TPSA) is 43.3 Å². The van der Waals surface area contributed by atoms with Crippen molar-refractivity contribution in [2.75, 3.05) is 20.3 Å². The van der Waals surface area contributed by atoms with Crippen LogP contribution in [0.25, 0.3) is 10.9 Å². The average molecular weight is 364 g/mol. The van der Waals surface area contributed by atoms with Crippen LogP contribution >= 0.6 is 0 Å². The zero-order valence-electron chi connectivity index (χ0n) is 16.6. The van der Waals surface area contributed by atoms with Crippen molar-refractivity contribution in [3.05, 3.63) is 70.4 Å². The van der Waals surface area contributed by atoms with Gasteiger partial charge < -0.3 is 14.6 Å². The Bertz CT molecular complexity index is 956. The molecule has 0 fully saturated rings. The Kier molecular flexibility index (Phi) is 5.97. The lowest BCUT2D eigenvalue weighted by Crippen LogP contribution is -2.25. The Balaban J connectivity index is 1.87. The summed E-state index contributed by atoms with van der Waals surface area (Å²) in [4.78, 5) is 12.4. The SMILES string of the molecule is COCCCNC(=O)c1ccc2c(c1)c(C)c(C)n2Cc1cccc(C)c1. The predicted molar refractivity (Wildman–Crippen MR) is 111 cm³/mol. The van der Waals surface area contributed by atoms with Crippen molar-refractivity contribution >= 4 is 16.8 Å². The summed E-state index contributed by atoms with van der Waals surface area (Å²) in [6, 6.07) is 14.6. The molecule has 0 radical (unpaired) electrons. The molecule has 1 heterocycles. The molecule has 1 amide bonds. The quantitative estimate of drug-likeness (QED) is 0.632. The molecule has 142 valence electrons. The largest absolute Gasteiger partial charge is 0.385 e. The van der Waals surface area contributed by atoms with Gasteiger partial charge in [-0.15, -0.1) is 0 Å². The molecule has 1 aromatic heterocycles. The molecule has 3 aromatic rings. The van der Waals surface area contributed by atoms with Crippen LogP contribution in [-0.2, 0) is 11.3 Å². The average Bonchev–Trinajstić information content (AvgIpc) is 2.89. The first-order chi connectivity index (χ1) is 13.0. The second-order valence-electron chi connectivity index (χ2n) is 7.12. The maximum atomic E-state index is 12.4. The number of rotatable bonds is 7. The summed E-state index contributed by atoms with van der Waals surface area (Å²) in [7, 11) is 1.67. The minimum atomic E-state index is -0.0310. The number of aromatic nitrogens is 1. The summed E-state index contributed by atoms with van der Waals surface area (Å²) < 4.78 is 7.35. The van der Waals surface area contributed by atoms with Gasteiger partial charge in [0.15, 0.2) is 0 Å². The van der Waals surface area contributed by atoms with Gasteiger partial charge in [0.05, 0.1) is 0 Å². The lowest BCUT2D eigenvalue weighted by atomic mass is 10.1. The molecule has 0 aliphatic carbocycles. The normalized spacial score (nSPS) is 11.1. The van der Waals surface area contributed by atoms with Gasteiger partial charge in [0, 0.05) is 49.0 Å². The second kappa shape index (κ2) is 8.40. The first-order valence-corrected chi connectivity index (χ1v) is 9.43. The smallest absolute Gasteiger partial charge is 0.251 e. The van der Waals surface area contributed by atoms with Crippen molar-refractivity contribution in [3.63, 3.8) is 0 Å². The zero-order valence-corrected chi connectivity index (χ0v) is 16.6. The van der Waals surface area contributed by atoms with E-state index < -0.39 is 0 Å². The molecule has 0 saturated heterocycles. The van der Waals surface area contributed by atoms with Gasteiger partial charge in [-0.05, 0) is 56.5 Å². The fourth-order valence-electron chi connectivity index (χ4n) is 3.51. The highest BCUT2D eigenvalue weighted by atomic mass is 16.5. The molecule has 1 N–H and O–H groups in total. The Morgan fingerprint density at radius 2 is 1.93 bits per heavy atom. The van der Waals surface area contributed by atoms with Crippen LogP contribution in [0.4, 0.5) is 0 Å². The molecule has 0 spiro atoms. The van der Waals surface area contributed by atoms with E-state index in [1.807, 2.05) is 12.1 Å². The van der Waals surface area contributed by atoms with Gasteiger partial charge in [0.2, 0.25) is 0 Å². The van der Waals surface area contributed by atoms with Gasteiger partial charge in [-0.1, -0.05) is 29.8 Å². The van der Waals surface area contributed by atoms with E-state index in [0.29, 0.717) is 18.7 Å². The van der Waals surface area contributed by atoms with Crippen molar-refractivity contribution in [3.8, 4) is 0 Å². The van der Waals surface area contributed by atoms with Gasteiger partial charge in [-0.3, -0.25) is 4.79 Å². The fraction of sp³-hybridized carbons (Fsp3) is 0.348. The molecule has 0 atom stereocenters. The summed E-state index contributed by atoms with van der Waals surface area (Å²) >= 11 is 0. The minimum absolute atomic E-state index is 0.0310. The summed E-state index contributed by atoms with van der Waals surface area (Å²) in [5.74, 6) is -0.0310. The van der Waals surface area contributed by atoms with E-state index in [1.54, 1.807) is 7.11 Å². The van der Waals surface area contributed by atoms with Crippen molar-refractivity contribution < 1.29 is 9.53 Å². The Morgan fingerprint density at radius 3 is 2.67 bits per heavy atom. The van der Waals surface area contributed by atoms with Gasteiger partial charge in [-0.2, -0.15) is 0 Å². The molecule has 0 unspecified atom stereocenters. The number of fused-ring (bicyclic) bond motifs is 1. The fourth-order valence-corrected chi connectivity index (χ4v) is 3.51. The molecule has 4 nitrogen and oxygen atoms in total. The van der Waals surface area contributed by atoms with E-state index in [-0.39, 0.29) is 5.91 Å². The van der Waals surface area contributed by atoms with Crippen LogP contribution < -0.4 is 5.32 Å². The molecule has 27 heavy (non-hydrogen) atoms. The summed E-state index contributed by atoms with van der Waals surface area (Å²) in [6.07, 6.45) is 0.815. The van der Waals surface area contributed by atoms with E-state index in [0.717, 1.165) is 18.4 Å². The van der Waals surface area contributed by atoms with Crippen LogP contribution in [0.1, 0.15) is 39.2 Å². The number of carbonyl (C=O) groups excluding carboxylic acids is 1. The minimum Gasteiger partial charge on any atom is -0.385 e. The van der Waals surface area contributed by atoms with Gasteiger partial charge in [0.25, 0.3) is 5.91 Å². The molecular weight excluding hydrogens is 336 g/mol. The van der Waals surface area contributed by atoms with Crippen LogP contribution in [0.3, 0.4) is 0 Å². The van der Waals surface area contributed by atoms with E-state index in [2.05, 4.69) is 61.0 Å². The summed E-state index contributed by atoms with van der Waals surface area (Å²) in [5.41, 5.74) is 6.90. The third-order valence-electron chi connectivity index (χ3n) is 5.14. The van der Waals surface area contributed by atoms with Crippen LogP contribution in [-0.4, -0.2) is 30.7 Å². The lowest BCUT2D eigenvalue weighted by molar-refractivity contribution is 0.0948. The highest BCUT2D eigenvalue weighted by Crippen LogP contribution is 2.27. The predicted octanol–water partition coefficient (Wildman–Crippen LogP) is 4.38. The van der Waals surface area contributed by atoms with E-state index in [9.17, 15) is 4.79 Å². The lowest BCUT2D eigenvalue weighted by Gasteiger charge is -2.10. The van der Waals surface area contributed by atoms with Crippen molar-refractivity contribution in [1.29, 1.82) is 0 Å². The molecule has 0 saturated carbocycles. The Labute approximate surface area is 161 Å². The first-order valence-electron chi connectivity index (χ1n) is 9.43. The maximum Gasteiger partial charge on any atom is 0.251 e.